The molecule has 3 aromatic heterocycles. The van der Waals surface area contributed by atoms with Crippen LogP contribution in [0.5, 0.6) is 0 Å². The largest absolute Gasteiger partial charge is 0.305 e. The number of benzene rings is 1. The summed E-state index contributed by atoms with van der Waals surface area (Å²) < 4.78 is 1.75. The van der Waals surface area contributed by atoms with Crippen molar-refractivity contribution in [3.05, 3.63) is 71.5 Å². The van der Waals surface area contributed by atoms with Gasteiger partial charge >= 0.3 is 0 Å². The summed E-state index contributed by atoms with van der Waals surface area (Å²) in [6, 6.07) is 15.3. The van der Waals surface area contributed by atoms with Gasteiger partial charge in [-0.2, -0.15) is 9.61 Å². The minimum atomic E-state index is -0.230. The van der Waals surface area contributed by atoms with Crippen LogP contribution in [0.15, 0.2) is 54.7 Å². The molecule has 0 saturated heterocycles. The normalized spacial score (nSPS) is 19.6. The number of anilines is 1. The van der Waals surface area contributed by atoms with Crippen LogP contribution in [0.3, 0.4) is 0 Å². The summed E-state index contributed by atoms with van der Waals surface area (Å²) in [5.41, 5.74) is 4.40. The fourth-order valence-corrected chi connectivity index (χ4v) is 4.98. The van der Waals surface area contributed by atoms with E-state index in [0.29, 0.717) is 29.2 Å². The fraction of sp³-hybridized carbons (Fsp3) is 0.261. The molecule has 30 heavy (non-hydrogen) atoms. The number of fused-ring (bicyclic) bond motifs is 3. The quantitative estimate of drug-likeness (QED) is 0.561. The Bertz CT molecular complexity index is 1240. The Balaban J connectivity index is 1.56. The maximum absolute atomic E-state index is 13.3. The molecule has 4 aromatic rings. The van der Waals surface area contributed by atoms with E-state index in [2.05, 4.69) is 20.5 Å². The molecule has 7 rings (SSSR count). The molecule has 0 aliphatic heterocycles. The van der Waals surface area contributed by atoms with E-state index in [0.717, 1.165) is 48.0 Å². The first-order chi connectivity index (χ1) is 14.8. The molecule has 2 bridgehead atoms. The van der Waals surface area contributed by atoms with E-state index >= 15 is 0 Å². The molecule has 1 amide bonds. The number of aromatic nitrogens is 5. The van der Waals surface area contributed by atoms with Crippen molar-refractivity contribution >= 4 is 17.4 Å². The first kappa shape index (κ1) is 17.3. The van der Waals surface area contributed by atoms with Gasteiger partial charge in [0.2, 0.25) is 0 Å². The predicted molar refractivity (Wildman–Crippen MR) is 112 cm³/mol. The summed E-state index contributed by atoms with van der Waals surface area (Å²) in [5, 5.41) is 16.7. The van der Waals surface area contributed by atoms with Crippen LogP contribution in [-0.4, -0.2) is 30.7 Å². The third-order valence-corrected chi connectivity index (χ3v) is 6.32. The lowest BCUT2D eigenvalue weighted by Gasteiger charge is -2.38. The smallest absolute Gasteiger partial charge is 0.277 e. The monoisotopic (exact) mass is 396 g/mol. The molecule has 7 heteroatoms. The van der Waals surface area contributed by atoms with Crippen LogP contribution in [-0.2, 0) is 0 Å². The summed E-state index contributed by atoms with van der Waals surface area (Å²) in [4.78, 5) is 17.5. The molecule has 7 nitrogen and oxygen atoms in total. The molecule has 1 aromatic carbocycles. The molecular formula is C23H20N6O. The number of pyridine rings is 1. The Morgan fingerprint density at radius 3 is 2.37 bits per heavy atom. The molecule has 0 atom stereocenters. The second-order valence-corrected chi connectivity index (χ2v) is 8.02. The van der Waals surface area contributed by atoms with E-state index in [-0.39, 0.29) is 5.91 Å². The van der Waals surface area contributed by atoms with Crippen molar-refractivity contribution in [2.45, 2.75) is 37.5 Å². The number of hydrogen-bond acceptors (Lipinski definition) is 5. The van der Waals surface area contributed by atoms with Gasteiger partial charge in [-0.3, -0.25) is 4.79 Å². The third-order valence-electron chi connectivity index (χ3n) is 6.32. The second kappa shape index (κ2) is 6.73. The molecule has 148 valence electrons. The molecular weight excluding hydrogens is 376 g/mol. The van der Waals surface area contributed by atoms with Crippen molar-refractivity contribution in [1.82, 2.24) is 24.8 Å². The van der Waals surface area contributed by atoms with Crippen molar-refractivity contribution in [3.8, 4) is 11.4 Å². The lowest BCUT2D eigenvalue weighted by molar-refractivity contribution is 0.101. The Morgan fingerprint density at radius 1 is 0.900 bits per heavy atom. The van der Waals surface area contributed by atoms with Gasteiger partial charge in [0.25, 0.3) is 5.91 Å². The van der Waals surface area contributed by atoms with Crippen molar-refractivity contribution in [2.75, 3.05) is 5.32 Å². The molecule has 0 radical (unpaired) electrons. The summed E-state index contributed by atoms with van der Waals surface area (Å²) in [6.07, 6.45) is 6.12. The molecule has 1 fully saturated rings. The maximum atomic E-state index is 13.3. The van der Waals surface area contributed by atoms with Gasteiger partial charge in [0.1, 0.15) is 5.82 Å². The number of nitrogens with one attached hydrogen (secondary N) is 1. The number of carbonyl (C=O) groups is 1. The summed E-state index contributed by atoms with van der Waals surface area (Å²) >= 11 is 0. The van der Waals surface area contributed by atoms with Gasteiger partial charge in [-0.1, -0.05) is 36.4 Å². The van der Waals surface area contributed by atoms with Crippen LogP contribution in [0.4, 0.5) is 5.82 Å². The third kappa shape index (κ3) is 2.62. The Morgan fingerprint density at radius 2 is 1.63 bits per heavy atom. The molecule has 3 aliphatic carbocycles. The average Bonchev–Trinajstić information content (AvgIpc) is 3.25. The SMILES string of the molecule is O=C(Nc1ccccn1)c1nn2c(-c3ccccc3)nnc2c2c1C1CCC2CC1. The van der Waals surface area contributed by atoms with E-state index in [1.165, 1.54) is 0 Å². The van der Waals surface area contributed by atoms with Crippen LogP contribution in [0.1, 0.15) is 59.1 Å². The highest BCUT2D eigenvalue weighted by atomic mass is 16.2. The van der Waals surface area contributed by atoms with E-state index in [9.17, 15) is 4.79 Å². The zero-order valence-corrected chi connectivity index (χ0v) is 16.3. The minimum absolute atomic E-state index is 0.230. The minimum Gasteiger partial charge on any atom is -0.305 e. The first-order valence-electron chi connectivity index (χ1n) is 10.4. The highest BCUT2D eigenvalue weighted by Gasteiger charge is 2.39. The summed E-state index contributed by atoms with van der Waals surface area (Å²) in [6.45, 7) is 0. The van der Waals surface area contributed by atoms with Crippen LogP contribution < -0.4 is 5.32 Å². The number of hydrogen-bond donors (Lipinski definition) is 1. The highest BCUT2D eigenvalue weighted by molar-refractivity contribution is 6.04. The zero-order valence-electron chi connectivity index (χ0n) is 16.3. The standard InChI is InChI=1S/C23H20N6O/c30-23(25-17-8-4-5-13-24-17)20-18-14-9-11-15(12-10-14)19(18)22-27-26-21(29(22)28-20)16-6-2-1-3-7-16/h1-8,13-15H,9-12H2,(H,24,25,30). The fourth-order valence-electron chi connectivity index (χ4n) is 4.98. The van der Waals surface area contributed by atoms with Gasteiger partial charge in [-0.05, 0) is 55.2 Å². The van der Waals surface area contributed by atoms with Crippen LogP contribution in [0.25, 0.3) is 17.0 Å². The van der Waals surface area contributed by atoms with Gasteiger partial charge in [-0.15, -0.1) is 10.2 Å². The lowest BCUT2D eigenvalue weighted by Crippen LogP contribution is -2.29. The van der Waals surface area contributed by atoms with Gasteiger partial charge in [0.05, 0.1) is 0 Å². The summed E-state index contributed by atoms with van der Waals surface area (Å²) in [5.74, 6) is 1.70. The van der Waals surface area contributed by atoms with Gasteiger partial charge in [0.15, 0.2) is 17.2 Å². The number of carbonyl (C=O) groups excluding carboxylic acids is 1. The molecule has 1 saturated carbocycles. The summed E-state index contributed by atoms with van der Waals surface area (Å²) in [7, 11) is 0. The first-order valence-corrected chi connectivity index (χ1v) is 10.4. The van der Waals surface area contributed by atoms with Crippen molar-refractivity contribution in [3.63, 3.8) is 0 Å². The topological polar surface area (TPSA) is 85.1 Å². The van der Waals surface area contributed by atoms with Crippen molar-refractivity contribution in [1.29, 1.82) is 0 Å². The van der Waals surface area contributed by atoms with Crippen molar-refractivity contribution in [2.24, 2.45) is 0 Å². The van der Waals surface area contributed by atoms with E-state index in [1.54, 1.807) is 16.8 Å². The van der Waals surface area contributed by atoms with Gasteiger partial charge in [-0.25, -0.2) is 4.98 Å². The lowest BCUT2D eigenvalue weighted by atomic mass is 9.67. The Hall–Kier alpha value is -3.61. The highest BCUT2D eigenvalue weighted by Crippen LogP contribution is 2.51. The van der Waals surface area contributed by atoms with Gasteiger partial charge in [0, 0.05) is 17.3 Å². The molecule has 3 heterocycles. The van der Waals surface area contributed by atoms with Crippen molar-refractivity contribution < 1.29 is 4.79 Å². The molecule has 0 spiro atoms. The predicted octanol–water partition coefficient (Wildman–Crippen LogP) is 4.19. The van der Waals surface area contributed by atoms with E-state index in [1.807, 2.05) is 42.5 Å². The molecule has 3 aliphatic rings. The van der Waals surface area contributed by atoms with Crippen LogP contribution in [0, 0.1) is 0 Å². The maximum Gasteiger partial charge on any atom is 0.277 e. The average molecular weight is 396 g/mol. The molecule has 0 unspecified atom stereocenters. The van der Waals surface area contributed by atoms with E-state index in [4.69, 9.17) is 5.10 Å². The Labute approximate surface area is 173 Å². The number of amides is 1. The zero-order chi connectivity index (χ0) is 20.1. The Kier molecular flexibility index (Phi) is 3.87. The number of rotatable bonds is 3. The van der Waals surface area contributed by atoms with Gasteiger partial charge < -0.3 is 5.32 Å². The number of nitrogens with zero attached hydrogens (tertiary/aromatic N) is 5. The molecule has 1 N–H and O–H groups in total. The van der Waals surface area contributed by atoms with Crippen LogP contribution >= 0.6 is 0 Å². The second-order valence-electron chi connectivity index (χ2n) is 8.02. The van der Waals surface area contributed by atoms with Crippen LogP contribution in [0.2, 0.25) is 0 Å². The van der Waals surface area contributed by atoms with E-state index < -0.39 is 0 Å².